The van der Waals surface area contributed by atoms with Crippen molar-refractivity contribution < 1.29 is 30.0 Å². The Bertz CT molecular complexity index is 1910. The van der Waals surface area contributed by atoms with Crippen LogP contribution in [0.4, 0.5) is 0 Å². The zero-order valence-electron chi connectivity index (χ0n) is 32.0. The number of aliphatic hydroxyl groups excluding tert-OH is 1. The Morgan fingerprint density at radius 3 is 2.00 bits per heavy atom. The first kappa shape index (κ1) is 41.3. The third-order valence-corrected chi connectivity index (χ3v) is 11.2. The van der Waals surface area contributed by atoms with Crippen LogP contribution in [0.2, 0.25) is 0 Å². The molecule has 3 aromatic carbocycles. The molecule has 0 aliphatic rings. The monoisotopic (exact) mass is 867 g/mol. The van der Waals surface area contributed by atoms with Crippen LogP contribution >= 0.6 is 11.3 Å². The number of aryl methyl sites for hydroxylation is 1. The van der Waals surface area contributed by atoms with E-state index in [1.54, 1.807) is 0 Å². The van der Waals surface area contributed by atoms with Crippen LogP contribution in [0.1, 0.15) is 112 Å². The number of carbonyl (C=O) groups is 1. The van der Waals surface area contributed by atoms with Gasteiger partial charge in [-0.2, -0.15) is 0 Å². The molecule has 1 radical (unpaired) electrons. The second kappa shape index (κ2) is 17.4. The van der Waals surface area contributed by atoms with E-state index >= 15 is 0 Å². The number of pyridine rings is 1. The van der Waals surface area contributed by atoms with Gasteiger partial charge in [0, 0.05) is 59.5 Å². The third-order valence-electron chi connectivity index (χ3n) is 9.79. The van der Waals surface area contributed by atoms with Gasteiger partial charge in [0.05, 0.1) is 5.76 Å². The summed E-state index contributed by atoms with van der Waals surface area (Å²) in [5, 5.41) is 13.5. The molecule has 3 nitrogen and oxygen atoms in total. The Hall–Kier alpha value is -3.11. The van der Waals surface area contributed by atoms with Crippen LogP contribution in [-0.4, -0.2) is 15.9 Å². The zero-order valence-corrected chi connectivity index (χ0v) is 35.2. The molecule has 1 N–H and O–H groups in total. The number of hydrogen-bond acceptors (Lipinski definition) is 4. The molecule has 0 aliphatic carbocycles. The number of allylic oxidation sites excluding steroid dienone is 2. The second-order valence-electron chi connectivity index (χ2n) is 15.3. The molecule has 0 amide bonds. The van der Waals surface area contributed by atoms with E-state index in [4.69, 9.17) is 4.98 Å². The van der Waals surface area contributed by atoms with Crippen molar-refractivity contribution in [2.24, 2.45) is 11.8 Å². The standard InChI is InChI=1S/C32H32NS.C13H24O2.Ir/c1-20-25-16-17-33-28(23-18-22-10-8-9-11-26(22)27(19-23)32(5,6)7)30(25)34-29(20)21-12-14-24(15-13-21)31(2,3)4;1-5-10(6-2)12(14)9-13(15)11(7-3)8-4;/h8-17,19H,1-7H3;9-11,14H,5-8H2,1-4H3;/q-1;;/b;12-9-;. The first-order valence-electron chi connectivity index (χ1n) is 18.0. The van der Waals surface area contributed by atoms with Gasteiger partial charge >= 0.3 is 0 Å². The minimum absolute atomic E-state index is 0. The summed E-state index contributed by atoms with van der Waals surface area (Å²) in [6.45, 7) is 23.9. The molecule has 0 unspecified atom stereocenters. The summed E-state index contributed by atoms with van der Waals surface area (Å²) < 4.78 is 1.24. The van der Waals surface area contributed by atoms with E-state index in [1.807, 2.05) is 45.2 Å². The minimum Gasteiger partial charge on any atom is -0.512 e. The predicted molar refractivity (Wildman–Crippen MR) is 213 cm³/mol. The van der Waals surface area contributed by atoms with Gasteiger partial charge in [0.1, 0.15) is 0 Å². The third kappa shape index (κ3) is 9.40. The Labute approximate surface area is 319 Å². The fraction of sp³-hybridized carbons (Fsp3) is 0.422. The van der Waals surface area contributed by atoms with E-state index in [2.05, 4.69) is 115 Å². The van der Waals surface area contributed by atoms with Crippen molar-refractivity contribution in [2.45, 2.75) is 113 Å². The van der Waals surface area contributed by atoms with Gasteiger partial charge in [0.2, 0.25) is 0 Å². The molecule has 5 rings (SSSR count). The maximum atomic E-state index is 11.7. The van der Waals surface area contributed by atoms with Gasteiger partial charge in [-0.15, -0.1) is 40.5 Å². The zero-order chi connectivity index (χ0) is 36.1. The summed E-state index contributed by atoms with van der Waals surface area (Å²) in [6, 6.07) is 25.8. The molecule has 0 saturated carbocycles. The molecule has 2 aromatic heterocycles. The van der Waals surface area contributed by atoms with Gasteiger partial charge in [0.15, 0.2) is 5.78 Å². The summed E-state index contributed by atoms with van der Waals surface area (Å²) in [6.07, 6.45) is 6.85. The number of thiophene rings is 1. The maximum Gasteiger partial charge on any atom is 0.162 e. The van der Waals surface area contributed by atoms with Crippen molar-refractivity contribution in [2.75, 3.05) is 0 Å². The molecular formula is C45H56IrNO2S-. The number of fused-ring (bicyclic) bond motifs is 2. The summed E-state index contributed by atoms with van der Waals surface area (Å²) in [5.74, 6) is 0.547. The smallest absolute Gasteiger partial charge is 0.162 e. The number of benzene rings is 3. The molecule has 2 heterocycles. The predicted octanol–water partition coefficient (Wildman–Crippen LogP) is 13.4. The number of aliphatic hydroxyl groups is 1. The number of nitrogens with zero attached hydrogens (tertiary/aromatic N) is 1. The van der Waals surface area contributed by atoms with Crippen LogP contribution in [-0.2, 0) is 35.7 Å². The molecular weight excluding hydrogens is 811 g/mol. The molecule has 5 aromatic rings. The van der Waals surface area contributed by atoms with E-state index in [9.17, 15) is 9.90 Å². The van der Waals surface area contributed by atoms with Gasteiger partial charge in [0.25, 0.3) is 0 Å². The largest absolute Gasteiger partial charge is 0.512 e. The van der Waals surface area contributed by atoms with Crippen molar-refractivity contribution in [3.8, 4) is 21.7 Å². The molecule has 0 bridgehead atoms. The van der Waals surface area contributed by atoms with E-state index in [1.165, 1.54) is 48.7 Å². The Kier molecular flexibility index (Phi) is 14.4. The van der Waals surface area contributed by atoms with E-state index in [-0.39, 0.29) is 54.3 Å². The van der Waals surface area contributed by atoms with Gasteiger partial charge < -0.3 is 5.11 Å². The summed E-state index contributed by atoms with van der Waals surface area (Å²) >= 11 is 1.85. The Balaban J connectivity index is 0.000000361. The second-order valence-corrected chi connectivity index (χ2v) is 16.3. The molecule has 0 fully saturated rings. The van der Waals surface area contributed by atoms with Crippen LogP contribution < -0.4 is 0 Å². The van der Waals surface area contributed by atoms with Gasteiger partial charge in [-0.3, -0.25) is 9.78 Å². The Morgan fingerprint density at radius 2 is 1.44 bits per heavy atom. The molecule has 5 heteroatoms. The molecule has 0 saturated heterocycles. The van der Waals surface area contributed by atoms with Crippen molar-refractivity contribution >= 4 is 38.0 Å². The quantitative estimate of drug-likeness (QED) is 0.0912. The fourth-order valence-electron chi connectivity index (χ4n) is 6.49. The number of aromatic nitrogens is 1. The number of carbonyl (C=O) groups excluding carboxylic acids is 1. The van der Waals surface area contributed by atoms with E-state index in [0.717, 1.165) is 42.3 Å². The summed E-state index contributed by atoms with van der Waals surface area (Å²) in [4.78, 5) is 17.9. The normalized spacial score (nSPS) is 12.3. The van der Waals surface area contributed by atoms with Crippen LogP contribution in [0.3, 0.4) is 0 Å². The SMILES string of the molecule is CCC(CC)C(=O)/C=C(\O)C(CC)CC.Cc1c(-c2ccc(C(C)(C)C)cc2)sc2c(-c3[c-]c4ccccc4c(C(C)(C)C)c3)nccc12.[Ir]. The topological polar surface area (TPSA) is 50.2 Å². The van der Waals surface area contributed by atoms with Crippen molar-refractivity contribution in [1.82, 2.24) is 4.98 Å². The molecule has 269 valence electrons. The maximum absolute atomic E-state index is 11.7. The summed E-state index contributed by atoms with van der Waals surface area (Å²) in [5.41, 5.74) is 7.58. The van der Waals surface area contributed by atoms with Crippen molar-refractivity contribution in [1.29, 1.82) is 0 Å². The van der Waals surface area contributed by atoms with Gasteiger partial charge in [-0.05, 0) is 71.6 Å². The first-order chi connectivity index (χ1) is 23.1. The van der Waals surface area contributed by atoms with Gasteiger partial charge in [-0.1, -0.05) is 123 Å². The van der Waals surface area contributed by atoms with Crippen LogP contribution in [0.15, 0.2) is 78.7 Å². The molecule has 0 atom stereocenters. The van der Waals surface area contributed by atoms with E-state index < -0.39 is 0 Å². The minimum atomic E-state index is 0. The van der Waals surface area contributed by atoms with Gasteiger partial charge in [-0.25, -0.2) is 0 Å². The van der Waals surface area contributed by atoms with E-state index in [0.29, 0.717) is 0 Å². The van der Waals surface area contributed by atoms with Crippen molar-refractivity contribution in [3.05, 3.63) is 101 Å². The van der Waals surface area contributed by atoms with Crippen LogP contribution in [0, 0.1) is 24.8 Å². The van der Waals surface area contributed by atoms with Crippen LogP contribution in [0.25, 0.3) is 42.6 Å². The average Bonchev–Trinajstić information content (AvgIpc) is 3.41. The summed E-state index contributed by atoms with van der Waals surface area (Å²) in [7, 11) is 0. The number of rotatable bonds is 9. The molecule has 50 heavy (non-hydrogen) atoms. The van der Waals surface area contributed by atoms with Crippen LogP contribution in [0.5, 0.6) is 0 Å². The fourth-order valence-corrected chi connectivity index (χ4v) is 7.81. The molecule has 0 spiro atoms. The number of ketones is 1. The first-order valence-corrected chi connectivity index (χ1v) is 18.8. The average molecular weight is 867 g/mol. The van der Waals surface area contributed by atoms with Crippen molar-refractivity contribution in [3.63, 3.8) is 0 Å². The number of hydrogen-bond donors (Lipinski definition) is 1. The molecule has 0 aliphatic heterocycles. The Morgan fingerprint density at radius 1 is 0.840 bits per heavy atom.